The Kier molecular flexibility index (Phi) is 11.2. The Morgan fingerprint density at radius 3 is 2.38 bits per heavy atom. The lowest BCUT2D eigenvalue weighted by molar-refractivity contribution is -0.182. The summed E-state index contributed by atoms with van der Waals surface area (Å²) < 4.78 is 0. The van der Waals surface area contributed by atoms with E-state index in [9.17, 15) is 19.8 Å². The molecule has 2 bridgehead atoms. The molecule has 4 N–H and O–H groups in total. The van der Waals surface area contributed by atoms with E-state index in [-0.39, 0.29) is 42.5 Å². The molecule has 8 atom stereocenters. The van der Waals surface area contributed by atoms with E-state index in [2.05, 4.69) is 49.8 Å². The second-order valence-electron chi connectivity index (χ2n) is 15.7. The van der Waals surface area contributed by atoms with Crippen molar-refractivity contribution in [3.8, 4) is 11.1 Å². The van der Waals surface area contributed by atoms with E-state index in [4.69, 9.17) is 4.84 Å². The van der Waals surface area contributed by atoms with E-state index in [0.717, 1.165) is 48.1 Å². The topological polar surface area (TPSA) is 114 Å². The highest BCUT2D eigenvalue weighted by molar-refractivity contribution is 5.95. The third kappa shape index (κ3) is 7.71. The van der Waals surface area contributed by atoms with Crippen molar-refractivity contribution in [3.05, 3.63) is 71.8 Å². The van der Waals surface area contributed by atoms with Gasteiger partial charge < -0.3 is 25.7 Å². The number of hydrogen-bond donors (Lipinski definition) is 4. The lowest BCUT2D eigenvalue weighted by atomic mass is 9.46. The highest BCUT2D eigenvalue weighted by atomic mass is 16.7. The van der Waals surface area contributed by atoms with E-state index >= 15 is 0 Å². The standard InChI is InChI=1S/C39H56N4O5/c1-23(2)15-31(21-42(7)8)40-37(46)29-14-10-13-28(17-29)27-12-9-11-26(16-27)20-43-36(35(25(4)45)34(22-44)48-43)38(47)41-33-19-30-18-32(24(33)3)39(30,5)6/h9-14,16-17,23,25,30-36,44-45H,3,15,18-22H2,1-2,4-8H3,(H,40,46)(H,41,47)/t25-,30+,31+,32-,33-,34-,35+,36-/m0/s1. The monoisotopic (exact) mass is 660 g/mol. The molecule has 3 aliphatic carbocycles. The SMILES string of the molecule is C=C1[C@@H](NC(=O)[C@@H]2[C@H]([C@H](C)O)[C@H](CO)ON2Cc2cccc(-c3cccc(C(=O)N[C@H](CC(C)C)CN(C)C)c3)c2)C[C@H]2C[C@@H]1C2(C)C. The molecule has 2 amide bonds. The zero-order valence-electron chi connectivity index (χ0n) is 29.8. The van der Waals surface area contributed by atoms with Crippen LogP contribution in [-0.2, 0) is 16.2 Å². The molecule has 0 aromatic heterocycles. The second-order valence-corrected chi connectivity index (χ2v) is 15.7. The first-order valence-corrected chi connectivity index (χ1v) is 17.6. The molecule has 2 aromatic carbocycles. The van der Waals surface area contributed by atoms with Crippen LogP contribution in [0.2, 0.25) is 0 Å². The smallest absolute Gasteiger partial charge is 0.251 e. The van der Waals surface area contributed by atoms with Crippen molar-refractivity contribution in [2.75, 3.05) is 27.2 Å². The number of aliphatic hydroxyl groups excluding tert-OH is 2. The van der Waals surface area contributed by atoms with Crippen LogP contribution in [0, 0.1) is 29.1 Å². The normalized spacial score (nSPS) is 27.9. The molecule has 262 valence electrons. The number of fused-ring (bicyclic) bond motifs is 2. The number of likely N-dealkylation sites (N-methyl/N-ethyl adjacent to an activating group) is 1. The first-order chi connectivity index (χ1) is 22.7. The maximum absolute atomic E-state index is 14.0. The largest absolute Gasteiger partial charge is 0.394 e. The zero-order valence-corrected chi connectivity index (χ0v) is 29.8. The van der Waals surface area contributed by atoms with Gasteiger partial charge in [0.1, 0.15) is 12.1 Å². The number of benzene rings is 2. The Hall–Kier alpha value is -3.08. The van der Waals surface area contributed by atoms with Crippen molar-refractivity contribution >= 4 is 11.8 Å². The molecule has 1 aliphatic heterocycles. The van der Waals surface area contributed by atoms with Gasteiger partial charge in [0.05, 0.1) is 25.3 Å². The molecule has 6 rings (SSSR count). The van der Waals surface area contributed by atoms with Gasteiger partial charge in [-0.05, 0) is 98.3 Å². The fourth-order valence-electron chi connectivity index (χ4n) is 8.34. The summed E-state index contributed by atoms with van der Waals surface area (Å²) in [6.07, 6.45) is 1.29. The Morgan fingerprint density at radius 1 is 1.08 bits per heavy atom. The number of hydroxylamine groups is 2. The molecule has 0 spiro atoms. The van der Waals surface area contributed by atoms with Crippen LogP contribution in [0.4, 0.5) is 0 Å². The maximum atomic E-state index is 14.0. The van der Waals surface area contributed by atoms with E-state index in [1.54, 1.807) is 12.0 Å². The predicted octanol–water partition coefficient (Wildman–Crippen LogP) is 4.64. The van der Waals surface area contributed by atoms with Crippen LogP contribution in [0.15, 0.2) is 60.7 Å². The van der Waals surface area contributed by atoms with Crippen molar-refractivity contribution < 1.29 is 24.6 Å². The fourth-order valence-corrected chi connectivity index (χ4v) is 8.34. The van der Waals surface area contributed by atoms with E-state index in [1.165, 1.54) is 0 Å². The average molecular weight is 661 g/mol. The van der Waals surface area contributed by atoms with Gasteiger partial charge in [-0.1, -0.05) is 70.2 Å². The first-order valence-electron chi connectivity index (χ1n) is 17.6. The van der Waals surface area contributed by atoms with Crippen LogP contribution in [0.5, 0.6) is 0 Å². The van der Waals surface area contributed by atoms with Crippen molar-refractivity contribution in [1.29, 1.82) is 0 Å². The van der Waals surface area contributed by atoms with Crippen molar-refractivity contribution in [1.82, 2.24) is 20.6 Å². The third-order valence-corrected chi connectivity index (χ3v) is 11.0. The van der Waals surface area contributed by atoms with E-state index < -0.39 is 24.2 Å². The third-order valence-electron chi connectivity index (χ3n) is 11.0. The Balaban J connectivity index is 1.33. The van der Waals surface area contributed by atoms with Gasteiger partial charge in [-0.25, -0.2) is 0 Å². The van der Waals surface area contributed by atoms with Crippen molar-refractivity contribution in [3.63, 3.8) is 0 Å². The predicted molar refractivity (Wildman–Crippen MR) is 189 cm³/mol. The zero-order chi connectivity index (χ0) is 34.9. The van der Waals surface area contributed by atoms with Crippen LogP contribution in [0.25, 0.3) is 11.1 Å². The molecule has 0 radical (unpaired) electrons. The Bertz CT molecular complexity index is 1460. The molecule has 4 fully saturated rings. The van der Waals surface area contributed by atoms with Crippen LogP contribution < -0.4 is 10.6 Å². The molecule has 9 nitrogen and oxygen atoms in total. The minimum absolute atomic E-state index is 0.0482. The van der Waals surface area contributed by atoms with Crippen LogP contribution in [0.3, 0.4) is 0 Å². The number of rotatable bonds is 13. The summed E-state index contributed by atoms with van der Waals surface area (Å²) in [7, 11) is 4.03. The molecule has 1 heterocycles. The Labute approximate surface area is 286 Å². The van der Waals surface area contributed by atoms with E-state index in [1.807, 2.05) is 62.6 Å². The molecule has 48 heavy (non-hydrogen) atoms. The summed E-state index contributed by atoms with van der Waals surface area (Å²) in [5, 5.41) is 29.1. The quantitative estimate of drug-likeness (QED) is 0.232. The lowest BCUT2D eigenvalue weighted by Crippen LogP contribution is -2.59. The summed E-state index contributed by atoms with van der Waals surface area (Å²) in [4.78, 5) is 35.6. The first kappa shape index (κ1) is 36.2. The number of carbonyl (C=O) groups excluding carboxylic acids is 2. The highest BCUT2D eigenvalue weighted by Gasteiger charge is 2.56. The number of aliphatic hydroxyl groups is 2. The molecule has 1 saturated heterocycles. The fraction of sp³-hybridized carbons (Fsp3) is 0.590. The number of amides is 2. The summed E-state index contributed by atoms with van der Waals surface area (Å²) >= 11 is 0. The van der Waals surface area contributed by atoms with Gasteiger partial charge in [0.25, 0.3) is 5.91 Å². The Morgan fingerprint density at radius 2 is 1.77 bits per heavy atom. The molecule has 3 saturated carbocycles. The van der Waals surface area contributed by atoms with Crippen molar-refractivity contribution in [2.24, 2.45) is 29.1 Å². The summed E-state index contributed by atoms with van der Waals surface area (Å²) in [5.41, 5.74) is 4.62. The van der Waals surface area contributed by atoms with Gasteiger partial charge in [0.2, 0.25) is 5.91 Å². The number of carbonyl (C=O) groups is 2. The van der Waals surface area contributed by atoms with Gasteiger partial charge in [-0.2, -0.15) is 5.06 Å². The van der Waals surface area contributed by atoms with Gasteiger partial charge in [-0.15, -0.1) is 0 Å². The molecular weight excluding hydrogens is 604 g/mol. The number of nitrogens with one attached hydrogen (secondary N) is 2. The van der Waals surface area contributed by atoms with Crippen LogP contribution >= 0.6 is 0 Å². The average Bonchev–Trinajstić information content (AvgIpc) is 3.39. The summed E-state index contributed by atoms with van der Waals surface area (Å²) in [5.74, 6) is 0.467. The molecular formula is C39H56N4O5. The molecule has 4 aliphatic rings. The minimum Gasteiger partial charge on any atom is -0.394 e. The molecule has 2 aromatic rings. The highest BCUT2D eigenvalue weighted by Crippen LogP contribution is 2.60. The van der Waals surface area contributed by atoms with E-state index in [0.29, 0.717) is 23.3 Å². The van der Waals surface area contributed by atoms with Gasteiger partial charge >= 0.3 is 0 Å². The summed E-state index contributed by atoms with van der Waals surface area (Å²) in [6, 6.07) is 14.7. The minimum atomic E-state index is -0.872. The maximum Gasteiger partial charge on any atom is 0.251 e. The second kappa shape index (κ2) is 14.8. The molecule has 0 unspecified atom stereocenters. The number of nitrogens with zero attached hydrogens (tertiary/aromatic N) is 2. The van der Waals surface area contributed by atoms with Gasteiger partial charge in [-0.3, -0.25) is 14.4 Å². The van der Waals surface area contributed by atoms with Crippen LogP contribution in [-0.4, -0.2) is 89.6 Å². The molecule has 9 heteroatoms. The summed E-state index contributed by atoms with van der Waals surface area (Å²) in [6.45, 7) is 15.6. The van der Waals surface area contributed by atoms with Gasteiger partial charge in [0, 0.05) is 24.1 Å². The lowest BCUT2D eigenvalue weighted by Gasteiger charge is -2.60. The van der Waals surface area contributed by atoms with Crippen LogP contribution in [0.1, 0.15) is 69.8 Å². The van der Waals surface area contributed by atoms with Gasteiger partial charge in [0.15, 0.2) is 0 Å². The van der Waals surface area contributed by atoms with Crippen molar-refractivity contribution in [2.45, 2.75) is 90.8 Å². The number of hydrogen-bond acceptors (Lipinski definition) is 7.